The molecule has 0 heterocycles. The van der Waals surface area contributed by atoms with E-state index in [9.17, 15) is 4.79 Å². The highest BCUT2D eigenvalue weighted by molar-refractivity contribution is 5.78. The molecule has 0 bridgehead atoms. The van der Waals surface area contributed by atoms with E-state index < -0.39 is 0 Å². The maximum atomic E-state index is 11.7. The minimum atomic E-state index is -0.0175. The van der Waals surface area contributed by atoms with Gasteiger partial charge in [0.1, 0.15) is 0 Å². The summed E-state index contributed by atoms with van der Waals surface area (Å²) in [5.41, 5.74) is -0.0175. The van der Waals surface area contributed by atoms with Crippen molar-refractivity contribution >= 4 is 5.91 Å². The highest BCUT2D eigenvalue weighted by atomic mass is 16.5. The molecule has 0 rings (SSSR count). The second-order valence-corrected chi connectivity index (χ2v) is 4.57. The predicted molar refractivity (Wildman–Crippen MR) is 61.9 cm³/mol. The van der Waals surface area contributed by atoms with Crippen LogP contribution in [-0.4, -0.2) is 49.7 Å². The smallest absolute Gasteiger partial charge is 0.236 e. The first-order valence-corrected chi connectivity index (χ1v) is 5.42. The SMILES string of the molecule is CCN(CCOC)C(=O)CNC(C)(C)C. The monoisotopic (exact) mass is 216 g/mol. The average Bonchev–Trinajstić information content (AvgIpc) is 2.15. The summed E-state index contributed by atoms with van der Waals surface area (Å²) in [6.45, 7) is 10.5. The normalized spacial score (nSPS) is 11.5. The number of rotatable bonds is 6. The quantitative estimate of drug-likeness (QED) is 0.716. The minimum absolute atomic E-state index is 0.0175. The highest BCUT2D eigenvalue weighted by Crippen LogP contribution is 1.98. The number of carbonyl (C=O) groups excluding carboxylic acids is 1. The van der Waals surface area contributed by atoms with Gasteiger partial charge in [0, 0.05) is 25.7 Å². The van der Waals surface area contributed by atoms with Crippen LogP contribution >= 0.6 is 0 Å². The molecule has 0 atom stereocenters. The molecule has 0 aliphatic carbocycles. The topological polar surface area (TPSA) is 41.6 Å². The summed E-state index contributed by atoms with van der Waals surface area (Å²) >= 11 is 0. The van der Waals surface area contributed by atoms with E-state index in [-0.39, 0.29) is 11.4 Å². The molecule has 90 valence electrons. The molecule has 0 aromatic heterocycles. The predicted octanol–water partition coefficient (Wildman–Crippen LogP) is 0.869. The molecule has 0 unspecified atom stereocenters. The molecule has 0 aromatic rings. The van der Waals surface area contributed by atoms with Gasteiger partial charge in [-0.05, 0) is 27.7 Å². The van der Waals surface area contributed by atoms with Gasteiger partial charge >= 0.3 is 0 Å². The number of nitrogens with zero attached hydrogens (tertiary/aromatic N) is 1. The van der Waals surface area contributed by atoms with Crippen molar-refractivity contribution in [1.82, 2.24) is 10.2 Å². The van der Waals surface area contributed by atoms with Gasteiger partial charge in [0.05, 0.1) is 13.2 Å². The molecule has 15 heavy (non-hydrogen) atoms. The number of carbonyl (C=O) groups is 1. The van der Waals surface area contributed by atoms with E-state index in [0.717, 1.165) is 6.54 Å². The van der Waals surface area contributed by atoms with Crippen molar-refractivity contribution in [2.24, 2.45) is 0 Å². The van der Waals surface area contributed by atoms with Crippen LogP contribution in [0.1, 0.15) is 27.7 Å². The first-order valence-electron chi connectivity index (χ1n) is 5.42. The lowest BCUT2D eigenvalue weighted by molar-refractivity contribution is -0.131. The molecule has 0 spiro atoms. The minimum Gasteiger partial charge on any atom is -0.383 e. The zero-order valence-electron chi connectivity index (χ0n) is 10.6. The third-order valence-electron chi connectivity index (χ3n) is 2.07. The van der Waals surface area contributed by atoms with E-state index >= 15 is 0 Å². The molecule has 0 aliphatic heterocycles. The van der Waals surface area contributed by atoms with Crippen LogP contribution in [0.5, 0.6) is 0 Å². The molecular formula is C11H24N2O2. The molecular weight excluding hydrogens is 192 g/mol. The fraction of sp³-hybridized carbons (Fsp3) is 0.909. The Morgan fingerprint density at radius 3 is 2.40 bits per heavy atom. The molecule has 0 fully saturated rings. The van der Waals surface area contributed by atoms with Crippen molar-refractivity contribution in [3.8, 4) is 0 Å². The summed E-state index contributed by atoms with van der Waals surface area (Å²) in [6, 6.07) is 0. The molecule has 4 nitrogen and oxygen atoms in total. The van der Waals surface area contributed by atoms with E-state index in [2.05, 4.69) is 5.32 Å². The highest BCUT2D eigenvalue weighted by Gasteiger charge is 2.15. The molecule has 1 amide bonds. The van der Waals surface area contributed by atoms with Gasteiger partial charge in [-0.2, -0.15) is 0 Å². The van der Waals surface area contributed by atoms with Crippen LogP contribution in [0.15, 0.2) is 0 Å². The first kappa shape index (κ1) is 14.4. The number of nitrogens with one attached hydrogen (secondary N) is 1. The first-order chi connectivity index (χ1) is 6.90. The van der Waals surface area contributed by atoms with Crippen LogP contribution in [0.2, 0.25) is 0 Å². The molecule has 1 N–H and O–H groups in total. The molecule has 0 radical (unpaired) electrons. The summed E-state index contributed by atoms with van der Waals surface area (Å²) in [5, 5.41) is 3.18. The second-order valence-electron chi connectivity index (χ2n) is 4.57. The molecule has 0 saturated heterocycles. The molecule has 0 aliphatic rings. The second kappa shape index (κ2) is 6.80. The van der Waals surface area contributed by atoms with E-state index in [0.29, 0.717) is 19.7 Å². The van der Waals surface area contributed by atoms with Crippen LogP contribution in [0, 0.1) is 0 Å². The Labute approximate surface area is 93.0 Å². The number of hydrogen-bond acceptors (Lipinski definition) is 3. The zero-order valence-corrected chi connectivity index (χ0v) is 10.6. The van der Waals surface area contributed by atoms with Gasteiger partial charge in [0.15, 0.2) is 0 Å². The number of amides is 1. The van der Waals surface area contributed by atoms with Crippen molar-refractivity contribution in [2.75, 3.05) is 33.4 Å². The van der Waals surface area contributed by atoms with Crippen LogP contribution in [0.3, 0.4) is 0 Å². The summed E-state index contributed by atoms with van der Waals surface area (Å²) in [5.74, 6) is 0.129. The van der Waals surface area contributed by atoms with Gasteiger partial charge < -0.3 is 15.0 Å². The number of hydrogen-bond donors (Lipinski definition) is 1. The van der Waals surface area contributed by atoms with Gasteiger partial charge in [-0.25, -0.2) is 0 Å². The van der Waals surface area contributed by atoms with Crippen molar-refractivity contribution < 1.29 is 9.53 Å². The van der Waals surface area contributed by atoms with E-state index in [1.807, 2.05) is 27.7 Å². The molecule has 4 heteroatoms. The van der Waals surface area contributed by atoms with Crippen molar-refractivity contribution in [2.45, 2.75) is 33.2 Å². The van der Waals surface area contributed by atoms with Crippen LogP contribution < -0.4 is 5.32 Å². The third kappa shape index (κ3) is 7.33. The van der Waals surface area contributed by atoms with Crippen molar-refractivity contribution in [3.63, 3.8) is 0 Å². The maximum Gasteiger partial charge on any atom is 0.236 e. The molecule has 0 saturated carbocycles. The maximum absolute atomic E-state index is 11.7. The lowest BCUT2D eigenvalue weighted by Crippen LogP contribution is -2.45. The Kier molecular flexibility index (Phi) is 6.52. The third-order valence-corrected chi connectivity index (χ3v) is 2.07. The summed E-state index contributed by atoms with van der Waals surface area (Å²) in [7, 11) is 1.64. The van der Waals surface area contributed by atoms with Crippen molar-refractivity contribution in [3.05, 3.63) is 0 Å². The summed E-state index contributed by atoms with van der Waals surface area (Å²) in [6.07, 6.45) is 0. The fourth-order valence-electron chi connectivity index (χ4n) is 1.11. The van der Waals surface area contributed by atoms with Crippen LogP contribution in [-0.2, 0) is 9.53 Å². The average molecular weight is 216 g/mol. The lowest BCUT2D eigenvalue weighted by atomic mass is 10.1. The largest absolute Gasteiger partial charge is 0.383 e. The summed E-state index contributed by atoms with van der Waals surface area (Å²) < 4.78 is 4.96. The standard InChI is InChI=1S/C11H24N2O2/c1-6-13(7-8-15-5)10(14)9-12-11(2,3)4/h12H,6-9H2,1-5H3. The van der Waals surface area contributed by atoms with E-state index in [1.54, 1.807) is 12.0 Å². The van der Waals surface area contributed by atoms with E-state index in [1.165, 1.54) is 0 Å². The number of ether oxygens (including phenoxy) is 1. The van der Waals surface area contributed by atoms with Crippen molar-refractivity contribution in [1.29, 1.82) is 0 Å². The summed E-state index contributed by atoms with van der Waals surface area (Å²) in [4.78, 5) is 13.5. The van der Waals surface area contributed by atoms with Gasteiger partial charge in [-0.1, -0.05) is 0 Å². The van der Waals surface area contributed by atoms with Gasteiger partial charge in [-0.15, -0.1) is 0 Å². The van der Waals surface area contributed by atoms with Gasteiger partial charge in [-0.3, -0.25) is 4.79 Å². The zero-order chi connectivity index (χ0) is 11.9. The van der Waals surface area contributed by atoms with Crippen LogP contribution in [0.25, 0.3) is 0 Å². The Balaban J connectivity index is 3.94. The number of likely N-dealkylation sites (N-methyl/N-ethyl adjacent to an activating group) is 1. The Morgan fingerprint density at radius 2 is 2.00 bits per heavy atom. The number of methoxy groups -OCH3 is 1. The van der Waals surface area contributed by atoms with Gasteiger partial charge in [0.2, 0.25) is 5.91 Å². The Hall–Kier alpha value is -0.610. The molecule has 0 aromatic carbocycles. The Bertz CT molecular complexity index is 188. The fourth-order valence-corrected chi connectivity index (χ4v) is 1.11. The Morgan fingerprint density at radius 1 is 1.40 bits per heavy atom. The van der Waals surface area contributed by atoms with Crippen LogP contribution in [0.4, 0.5) is 0 Å². The van der Waals surface area contributed by atoms with Gasteiger partial charge in [0.25, 0.3) is 0 Å². The van der Waals surface area contributed by atoms with E-state index in [4.69, 9.17) is 4.74 Å². The lowest BCUT2D eigenvalue weighted by Gasteiger charge is -2.25.